The maximum atomic E-state index is 12.5. The Labute approximate surface area is 215 Å². The van der Waals surface area contributed by atoms with Crippen LogP contribution in [0.4, 0.5) is 0 Å². The quantitative estimate of drug-likeness (QED) is 0.426. The Morgan fingerprint density at radius 2 is 1.54 bits per heavy atom. The summed E-state index contributed by atoms with van der Waals surface area (Å²) in [6.45, 7) is 16.6. The Morgan fingerprint density at radius 1 is 0.857 bits per heavy atom. The minimum Gasteiger partial charge on any atom is -0.414 e. The van der Waals surface area contributed by atoms with Crippen LogP contribution in [-0.4, -0.2) is 30.2 Å². The monoisotopic (exact) mass is 498 g/mol. The molecule has 196 valence electrons. The topological polar surface area (TPSA) is 49.7 Å². The van der Waals surface area contributed by atoms with Gasteiger partial charge in [0, 0.05) is 11.5 Å². The van der Waals surface area contributed by atoms with Gasteiger partial charge in [-0.1, -0.05) is 65.0 Å². The number of fused-ring (bicyclic) bond motifs is 5. The first-order chi connectivity index (χ1) is 16.2. The van der Waals surface area contributed by atoms with Crippen molar-refractivity contribution in [1.82, 2.24) is 0 Å². The van der Waals surface area contributed by atoms with E-state index in [0.29, 0.717) is 30.8 Å². The van der Waals surface area contributed by atoms with Crippen LogP contribution in [0.3, 0.4) is 0 Å². The molecule has 4 saturated carbocycles. The molecule has 0 heterocycles. The maximum Gasteiger partial charge on any atom is 0.192 e. The average molecular weight is 499 g/mol. The third-order valence-corrected chi connectivity index (χ3v) is 17.0. The van der Waals surface area contributed by atoms with Gasteiger partial charge in [0.2, 0.25) is 0 Å². The Hall–Kier alpha value is -0.683. The van der Waals surface area contributed by atoms with E-state index in [0.717, 1.165) is 31.2 Å². The summed E-state index contributed by atoms with van der Waals surface area (Å²) in [6.07, 6.45) is 9.66. The van der Waals surface area contributed by atoms with E-state index in [-0.39, 0.29) is 16.4 Å². The van der Waals surface area contributed by atoms with E-state index < -0.39 is 24.9 Å². The van der Waals surface area contributed by atoms with E-state index in [4.69, 9.17) is 4.43 Å². The minimum absolute atomic E-state index is 0.251. The molecule has 3 nitrogen and oxygen atoms in total. The standard InChI is InChI=1S/C31H50O3Si/c1-27(2,3)35(6,7)34-24-15-17-28(4)23(21-24)13-14-26-25(28)16-18-29(5)30(32,19-20-31(26,29)33)22-11-9-8-10-12-22/h8-12,23-26,32-33H,13-21H2,1-7H3/t23-,24-,25-,26+,28-,29+,30-,31-/m0/s1. The third-order valence-electron chi connectivity index (χ3n) is 12.5. The summed E-state index contributed by atoms with van der Waals surface area (Å²) in [4.78, 5) is 0. The molecule has 0 bridgehead atoms. The number of aliphatic hydroxyl groups is 2. The van der Waals surface area contributed by atoms with Crippen molar-refractivity contribution >= 4 is 8.32 Å². The van der Waals surface area contributed by atoms with E-state index in [1.807, 2.05) is 18.2 Å². The van der Waals surface area contributed by atoms with E-state index >= 15 is 0 Å². The van der Waals surface area contributed by atoms with E-state index in [9.17, 15) is 10.2 Å². The van der Waals surface area contributed by atoms with E-state index in [1.54, 1.807) is 0 Å². The zero-order valence-corrected chi connectivity index (χ0v) is 24.4. The van der Waals surface area contributed by atoms with Crippen molar-refractivity contribution in [3.05, 3.63) is 35.9 Å². The van der Waals surface area contributed by atoms with E-state index in [2.05, 4.69) is 59.8 Å². The summed E-state index contributed by atoms with van der Waals surface area (Å²) in [7, 11) is -1.76. The first kappa shape index (κ1) is 25.9. The van der Waals surface area contributed by atoms with Crippen LogP contribution < -0.4 is 0 Å². The number of benzene rings is 1. The highest BCUT2D eigenvalue weighted by molar-refractivity contribution is 6.74. The lowest BCUT2D eigenvalue weighted by Gasteiger charge is -2.64. The molecule has 0 radical (unpaired) electrons. The molecule has 0 spiro atoms. The summed E-state index contributed by atoms with van der Waals surface area (Å²) in [5.74, 6) is 1.53. The van der Waals surface area contributed by atoms with Crippen LogP contribution >= 0.6 is 0 Å². The maximum absolute atomic E-state index is 12.5. The second-order valence-electron chi connectivity index (χ2n) is 14.8. The normalized spacial score (nSPS) is 46.0. The second-order valence-corrected chi connectivity index (χ2v) is 19.5. The van der Waals surface area contributed by atoms with Crippen molar-refractivity contribution < 1.29 is 14.6 Å². The molecule has 0 aliphatic heterocycles. The molecule has 4 aliphatic carbocycles. The molecule has 1 aromatic rings. The SMILES string of the molecule is CC(C)(C)[Si](C)(C)O[C@H]1CC[C@@]2(C)[C@@H](CC[C@@H]3[C@@H]2CC[C@]2(C)[C@@](O)(c4ccccc4)CC[C@]32O)C1. The summed E-state index contributed by atoms with van der Waals surface area (Å²) in [5, 5.41) is 24.8. The Morgan fingerprint density at radius 3 is 2.20 bits per heavy atom. The van der Waals surface area contributed by atoms with Gasteiger partial charge in [-0.2, -0.15) is 0 Å². The zero-order valence-electron chi connectivity index (χ0n) is 23.4. The molecule has 4 heteroatoms. The Bertz CT molecular complexity index is 940. The van der Waals surface area contributed by atoms with Crippen molar-refractivity contribution in [3.63, 3.8) is 0 Å². The summed E-state index contributed by atoms with van der Waals surface area (Å²) >= 11 is 0. The van der Waals surface area contributed by atoms with Crippen molar-refractivity contribution in [2.24, 2.45) is 28.6 Å². The minimum atomic E-state index is -1.76. The van der Waals surface area contributed by atoms with Crippen LogP contribution in [0.5, 0.6) is 0 Å². The van der Waals surface area contributed by atoms with Crippen LogP contribution in [0.1, 0.15) is 98.0 Å². The fourth-order valence-electron chi connectivity index (χ4n) is 9.08. The lowest BCUT2D eigenvalue weighted by Crippen LogP contribution is -2.64. The van der Waals surface area contributed by atoms with Crippen LogP contribution in [0.15, 0.2) is 30.3 Å². The molecular formula is C31H50O3Si. The van der Waals surface area contributed by atoms with Gasteiger partial charge in [-0.05, 0) is 105 Å². The zero-order chi connectivity index (χ0) is 25.5. The van der Waals surface area contributed by atoms with Gasteiger partial charge in [0.1, 0.15) is 0 Å². The van der Waals surface area contributed by atoms with Crippen molar-refractivity contribution in [2.75, 3.05) is 0 Å². The van der Waals surface area contributed by atoms with Crippen LogP contribution in [-0.2, 0) is 10.0 Å². The molecule has 0 aromatic heterocycles. The number of hydrogen-bond acceptors (Lipinski definition) is 3. The number of hydrogen-bond donors (Lipinski definition) is 2. The highest BCUT2D eigenvalue weighted by atomic mass is 28.4. The van der Waals surface area contributed by atoms with Gasteiger partial charge in [0.15, 0.2) is 8.32 Å². The molecule has 1 aromatic carbocycles. The van der Waals surface area contributed by atoms with Gasteiger partial charge < -0.3 is 14.6 Å². The lowest BCUT2D eigenvalue weighted by atomic mass is 9.43. The third kappa shape index (κ3) is 3.60. The molecule has 2 N–H and O–H groups in total. The van der Waals surface area contributed by atoms with Gasteiger partial charge in [-0.15, -0.1) is 0 Å². The molecule has 5 rings (SSSR count). The molecule has 0 amide bonds. The van der Waals surface area contributed by atoms with Gasteiger partial charge in [-0.3, -0.25) is 0 Å². The largest absolute Gasteiger partial charge is 0.414 e. The van der Waals surface area contributed by atoms with Gasteiger partial charge in [0.25, 0.3) is 0 Å². The molecule has 0 unspecified atom stereocenters. The van der Waals surface area contributed by atoms with E-state index in [1.165, 1.54) is 19.3 Å². The molecular weight excluding hydrogens is 448 g/mol. The van der Waals surface area contributed by atoms with Gasteiger partial charge >= 0.3 is 0 Å². The lowest BCUT2D eigenvalue weighted by molar-refractivity contribution is -0.238. The van der Waals surface area contributed by atoms with Crippen molar-refractivity contribution in [3.8, 4) is 0 Å². The van der Waals surface area contributed by atoms with Gasteiger partial charge in [-0.25, -0.2) is 0 Å². The fourth-order valence-corrected chi connectivity index (χ4v) is 10.5. The Kier molecular flexibility index (Phi) is 6.05. The fraction of sp³-hybridized carbons (Fsp3) is 0.806. The highest BCUT2D eigenvalue weighted by Gasteiger charge is 2.72. The summed E-state index contributed by atoms with van der Waals surface area (Å²) < 4.78 is 6.91. The van der Waals surface area contributed by atoms with Crippen molar-refractivity contribution in [1.29, 1.82) is 0 Å². The van der Waals surface area contributed by atoms with Gasteiger partial charge in [0.05, 0.1) is 11.2 Å². The average Bonchev–Trinajstić information content (AvgIpc) is 3.01. The smallest absolute Gasteiger partial charge is 0.192 e. The summed E-state index contributed by atoms with van der Waals surface area (Å²) in [6, 6.07) is 10.2. The molecule has 8 atom stereocenters. The molecule has 35 heavy (non-hydrogen) atoms. The molecule has 4 aliphatic rings. The second kappa shape index (κ2) is 8.16. The summed E-state index contributed by atoms with van der Waals surface area (Å²) in [5.41, 5.74) is -0.960. The van der Waals surface area contributed by atoms with Crippen LogP contribution in [0.2, 0.25) is 18.1 Å². The molecule has 4 fully saturated rings. The van der Waals surface area contributed by atoms with Crippen molar-refractivity contribution in [2.45, 2.75) is 128 Å². The van der Waals surface area contributed by atoms with Crippen LogP contribution in [0, 0.1) is 28.6 Å². The number of rotatable bonds is 3. The predicted molar refractivity (Wildman–Crippen MR) is 146 cm³/mol. The highest BCUT2D eigenvalue weighted by Crippen LogP contribution is 2.71. The first-order valence-corrected chi connectivity index (χ1v) is 17.3. The molecule has 0 saturated heterocycles. The predicted octanol–water partition coefficient (Wildman–Crippen LogP) is 7.42. The Balaban J connectivity index is 1.38. The van der Waals surface area contributed by atoms with Crippen LogP contribution in [0.25, 0.3) is 0 Å². The first-order valence-electron chi connectivity index (χ1n) is 14.4.